The first kappa shape index (κ1) is 24.6. The Morgan fingerprint density at radius 2 is 1.83 bits per heavy atom. The lowest BCUT2D eigenvalue weighted by Gasteiger charge is -2.36. The van der Waals surface area contributed by atoms with Crippen molar-refractivity contribution < 1.29 is 0 Å². The summed E-state index contributed by atoms with van der Waals surface area (Å²) in [6, 6.07) is 19.3. The van der Waals surface area contributed by atoms with Crippen LogP contribution < -0.4 is 15.5 Å². The molecular weight excluding hydrogens is 454 g/mol. The van der Waals surface area contributed by atoms with Crippen LogP contribution in [0.2, 0.25) is 0 Å². The largest absolute Gasteiger partial charge is 0.369 e. The Morgan fingerprint density at radius 1 is 1.09 bits per heavy atom. The molecular formula is C27H33N7S. The summed E-state index contributed by atoms with van der Waals surface area (Å²) in [6.45, 7) is 11.2. The molecule has 0 bridgehead atoms. The van der Waals surface area contributed by atoms with E-state index in [9.17, 15) is 0 Å². The van der Waals surface area contributed by atoms with Gasteiger partial charge in [-0.2, -0.15) is 0 Å². The van der Waals surface area contributed by atoms with Crippen molar-refractivity contribution in [3.63, 3.8) is 0 Å². The standard InChI is InChI=1S/C27H33N7S/c1-21-26(35-27(29-3)32-21)25(13-14-28-2)31-20-30-23-9-11-24(12-10-23)34-17-15-33(16-18-34)19-22-7-5-4-6-8-22/h4-14,30H,2,15-20H2,1,3H3,(H,29,32)/b14-13-,31-25+. The van der Waals surface area contributed by atoms with Crippen LogP contribution in [0.15, 0.2) is 76.9 Å². The second-order valence-electron chi connectivity index (χ2n) is 8.36. The maximum absolute atomic E-state index is 4.75. The molecule has 4 rings (SSSR count). The van der Waals surface area contributed by atoms with Gasteiger partial charge in [0.1, 0.15) is 6.67 Å². The van der Waals surface area contributed by atoms with Gasteiger partial charge >= 0.3 is 0 Å². The fraction of sp³-hybridized carbons (Fsp3) is 0.296. The number of aromatic nitrogens is 1. The molecule has 1 aliphatic rings. The van der Waals surface area contributed by atoms with Crippen LogP contribution in [0.4, 0.5) is 16.5 Å². The molecule has 0 radical (unpaired) electrons. The number of allylic oxidation sites excluding steroid dienone is 1. The average Bonchev–Trinajstić information content (AvgIpc) is 3.28. The third-order valence-corrected chi connectivity index (χ3v) is 7.16. The number of aryl methyl sites for hydroxylation is 1. The van der Waals surface area contributed by atoms with Crippen LogP contribution in [-0.2, 0) is 6.54 Å². The Bertz CT molecular complexity index is 1140. The van der Waals surface area contributed by atoms with E-state index in [2.05, 4.69) is 91.7 Å². The van der Waals surface area contributed by atoms with Gasteiger partial charge in [-0.25, -0.2) is 4.98 Å². The van der Waals surface area contributed by atoms with Gasteiger partial charge < -0.3 is 15.5 Å². The predicted octanol–water partition coefficient (Wildman–Crippen LogP) is 4.89. The van der Waals surface area contributed by atoms with Crippen LogP contribution in [0, 0.1) is 6.92 Å². The van der Waals surface area contributed by atoms with Gasteiger partial charge in [-0.15, -0.1) is 0 Å². The van der Waals surface area contributed by atoms with Crippen LogP contribution in [0.5, 0.6) is 0 Å². The highest BCUT2D eigenvalue weighted by molar-refractivity contribution is 7.17. The number of nitrogens with one attached hydrogen (secondary N) is 2. The van der Waals surface area contributed by atoms with E-state index in [4.69, 9.17) is 4.99 Å². The van der Waals surface area contributed by atoms with Gasteiger partial charge in [0.25, 0.3) is 0 Å². The Morgan fingerprint density at radius 3 is 2.49 bits per heavy atom. The maximum atomic E-state index is 4.75. The summed E-state index contributed by atoms with van der Waals surface area (Å²) in [6.07, 6.45) is 3.53. The molecule has 0 atom stereocenters. The number of aliphatic imine (C=N–C) groups is 2. The van der Waals surface area contributed by atoms with Crippen LogP contribution in [0.1, 0.15) is 16.1 Å². The topological polar surface area (TPSA) is 68.2 Å². The van der Waals surface area contributed by atoms with E-state index in [0.29, 0.717) is 6.67 Å². The number of rotatable bonds is 10. The normalized spacial score (nSPS) is 14.9. The Balaban J connectivity index is 1.31. The van der Waals surface area contributed by atoms with Crippen molar-refractivity contribution in [3.8, 4) is 0 Å². The zero-order valence-corrected chi connectivity index (χ0v) is 21.3. The van der Waals surface area contributed by atoms with E-state index >= 15 is 0 Å². The molecule has 1 fully saturated rings. The maximum Gasteiger partial charge on any atom is 0.183 e. The molecule has 35 heavy (non-hydrogen) atoms. The third-order valence-electron chi connectivity index (χ3n) is 5.97. The van der Waals surface area contributed by atoms with Gasteiger partial charge in [-0.1, -0.05) is 41.7 Å². The molecule has 7 nitrogen and oxygen atoms in total. The molecule has 2 N–H and O–H groups in total. The van der Waals surface area contributed by atoms with E-state index in [-0.39, 0.29) is 0 Å². The number of hydrogen-bond acceptors (Lipinski definition) is 8. The number of nitrogens with zero attached hydrogens (tertiary/aromatic N) is 5. The summed E-state index contributed by atoms with van der Waals surface area (Å²) in [5.74, 6) is 0. The van der Waals surface area contributed by atoms with E-state index < -0.39 is 0 Å². The second kappa shape index (κ2) is 12.3. The Hall–Kier alpha value is -3.49. The van der Waals surface area contributed by atoms with E-state index in [1.807, 2.05) is 20.0 Å². The number of piperazine rings is 1. The van der Waals surface area contributed by atoms with Crippen LogP contribution >= 0.6 is 11.3 Å². The molecule has 182 valence electrons. The molecule has 8 heteroatoms. The molecule has 0 spiro atoms. The molecule has 1 saturated heterocycles. The molecule has 0 unspecified atom stereocenters. The molecule has 1 aliphatic heterocycles. The summed E-state index contributed by atoms with van der Waals surface area (Å²) >= 11 is 1.58. The lowest BCUT2D eigenvalue weighted by Crippen LogP contribution is -2.45. The van der Waals surface area contributed by atoms with Gasteiger partial charge in [-0.3, -0.25) is 14.9 Å². The van der Waals surface area contributed by atoms with Gasteiger partial charge in [0, 0.05) is 57.3 Å². The minimum absolute atomic E-state index is 0.459. The van der Waals surface area contributed by atoms with Crippen molar-refractivity contribution >= 4 is 40.3 Å². The van der Waals surface area contributed by atoms with Crippen LogP contribution in [0.25, 0.3) is 0 Å². The minimum atomic E-state index is 0.459. The summed E-state index contributed by atoms with van der Waals surface area (Å²) in [5, 5.41) is 7.37. The number of anilines is 3. The van der Waals surface area contributed by atoms with Crippen LogP contribution in [0.3, 0.4) is 0 Å². The molecule has 1 aromatic heterocycles. The zero-order valence-electron chi connectivity index (χ0n) is 20.4. The van der Waals surface area contributed by atoms with Gasteiger partial charge in [0.15, 0.2) is 5.13 Å². The first-order chi connectivity index (χ1) is 17.2. The Labute approximate surface area is 211 Å². The lowest BCUT2D eigenvalue weighted by atomic mass is 10.2. The number of benzene rings is 2. The van der Waals surface area contributed by atoms with Gasteiger partial charge in [-0.05, 0) is 49.5 Å². The molecule has 2 heterocycles. The highest BCUT2D eigenvalue weighted by Crippen LogP contribution is 2.24. The molecule has 0 amide bonds. The highest BCUT2D eigenvalue weighted by atomic mass is 32.1. The quantitative estimate of drug-likeness (QED) is 0.399. The third kappa shape index (κ3) is 6.77. The summed E-state index contributed by atoms with van der Waals surface area (Å²) in [5.41, 5.74) is 5.47. The van der Waals surface area contributed by atoms with Crippen molar-refractivity contribution in [2.24, 2.45) is 9.98 Å². The first-order valence-electron chi connectivity index (χ1n) is 11.8. The smallest absolute Gasteiger partial charge is 0.183 e. The minimum Gasteiger partial charge on any atom is -0.369 e. The zero-order chi connectivity index (χ0) is 24.5. The van der Waals surface area contributed by atoms with Crippen molar-refractivity contribution in [2.45, 2.75) is 13.5 Å². The summed E-state index contributed by atoms with van der Waals surface area (Å²) < 4.78 is 0. The lowest BCUT2D eigenvalue weighted by molar-refractivity contribution is 0.250. The van der Waals surface area contributed by atoms with E-state index in [0.717, 1.165) is 59.8 Å². The monoisotopic (exact) mass is 487 g/mol. The fourth-order valence-corrected chi connectivity index (χ4v) is 4.98. The summed E-state index contributed by atoms with van der Waals surface area (Å²) in [7, 11) is 1.87. The Kier molecular flexibility index (Phi) is 8.64. The first-order valence-corrected chi connectivity index (χ1v) is 12.7. The number of hydrogen-bond donors (Lipinski definition) is 2. The van der Waals surface area contributed by atoms with Gasteiger partial charge in [0.2, 0.25) is 0 Å². The highest BCUT2D eigenvalue weighted by Gasteiger charge is 2.17. The molecule has 3 aromatic rings. The SMILES string of the molecule is C=N/C=C\C(=N/CNc1ccc(N2CCN(Cc3ccccc3)CC2)cc1)c1sc(NC)nc1C. The van der Waals surface area contributed by atoms with Crippen molar-refractivity contribution in [1.82, 2.24) is 9.88 Å². The van der Waals surface area contributed by atoms with Crippen molar-refractivity contribution in [1.29, 1.82) is 0 Å². The molecule has 2 aromatic carbocycles. The summed E-state index contributed by atoms with van der Waals surface area (Å²) in [4.78, 5) is 19.1. The molecule has 0 saturated carbocycles. The number of thiazole rings is 1. The van der Waals surface area contributed by atoms with Gasteiger partial charge in [0.05, 0.1) is 16.3 Å². The van der Waals surface area contributed by atoms with Crippen molar-refractivity contribution in [3.05, 3.63) is 83.0 Å². The fourth-order valence-electron chi connectivity index (χ4n) is 4.08. The average molecular weight is 488 g/mol. The predicted molar refractivity (Wildman–Crippen MR) is 150 cm³/mol. The van der Waals surface area contributed by atoms with E-state index in [1.54, 1.807) is 17.5 Å². The molecule has 0 aliphatic carbocycles. The van der Waals surface area contributed by atoms with Crippen LogP contribution in [-0.4, -0.2) is 62.2 Å². The van der Waals surface area contributed by atoms with E-state index in [1.165, 1.54) is 11.3 Å². The second-order valence-corrected chi connectivity index (χ2v) is 9.35. The van der Waals surface area contributed by atoms with Crippen molar-refractivity contribution in [2.75, 3.05) is 55.4 Å².